The molecule has 1 aromatic carbocycles. The molecule has 20 heavy (non-hydrogen) atoms. The number of rotatable bonds is 5. The fourth-order valence-corrected chi connectivity index (χ4v) is 3.83. The smallest absolute Gasteiger partial charge is 0.336 e. The fraction of sp³-hybridized carbons (Fsp3) is 0.154. The van der Waals surface area contributed by atoms with Crippen LogP contribution in [0, 0.1) is 6.92 Å². The molecule has 0 fully saturated rings. The van der Waals surface area contributed by atoms with Crippen LogP contribution in [-0.2, 0) is 16.6 Å². The maximum atomic E-state index is 12.1. The highest BCUT2D eigenvalue weighted by Gasteiger charge is 2.18. The molecule has 0 aliphatic carbocycles. The Kier molecular flexibility index (Phi) is 4.22. The Morgan fingerprint density at radius 1 is 1.35 bits per heavy atom. The number of sulfonamides is 1. The second-order valence-corrected chi connectivity index (χ2v) is 7.12. The van der Waals surface area contributed by atoms with Crippen LogP contribution in [0.2, 0.25) is 0 Å². The summed E-state index contributed by atoms with van der Waals surface area (Å²) in [5.74, 6) is -1.14. The van der Waals surface area contributed by atoms with Crippen LogP contribution in [0.5, 0.6) is 0 Å². The van der Waals surface area contributed by atoms with Crippen molar-refractivity contribution in [2.75, 3.05) is 0 Å². The first kappa shape index (κ1) is 14.7. The summed E-state index contributed by atoms with van der Waals surface area (Å²) in [7, 11) is -3.68. The van der Waals surface area contributed by atoms with E-state index in [9.17, 15) is 13.2 Å². The van der Waals surface area contributed by atoms with Crippen LogP contribution in [0.25, 0.3) is 0 Å². The van der Waals surface area contributed by atoms with Gasteiger partial charge in [0.15, 0.2) is 0 Å². The lowest BCUT2D eigenvalue weighted by atomic mass is 10.1. The van der Waals surface area contributed by atoms with Crippen molar-refractivity contribution >= 4 is 27.3 Å². The van der Waals surface area contributed by atoms with Gasteiger partial charge >= 0.3 is 5.97 Å². The minimum absolute atomic E-state index is 0.00323. The van der Waals surface area contributed by atoms with Gasteiger partial charge in [-0.05, 0) is 24.1 Å². The van der Waals surface area contributed by atoms with E-state index in [0.717, 1.165) is 28.5 Å². The van der Waals surface area contributed by atoms with Gasteiger partial charge in [-0.25, -0.2) is 17.9 Å². The van der Waals surface area contributed by atoms with Crippen LogP contribution >= 0.6 is 11.3 Å². The number of aryl methyl sites for hydroxylation is 1. The maximum Gasteiger partial charge on any atom is 0.336 e. The summed E-state index contributed by atoms with van der Waals surface area (Å²) in [6.07, 6.45) is 0. The SMILES string of the molecule is Cc1ccccc1CNS(=O)(=O)c1cc(C(=O)O)cs1. The largest absolute Gasteiger partial charge is 0.478 e. The van der Waals surface area contributed by atoms with E-state index in [4.69, 9.17) is 5.11 Å². The van der Waals surface area contributed by atoms with E-state index in [-0.39, 0.29) is 16.3 Å². The molecule has 0 atom stereocenters. The van der Waals surface area contributed by atoms with Crippen LogP contribution in [-0.4, -0.2) is 19.5 Å². The lowest BCUT2D eigenvalue weighted by Crippen LogP contribution is -2.22. The van der Waals surface area contributed by atoms with Crippen molar-refractivity contribution in [2.45, 2.75) is 17.7 Å². The second-order valence-electron chi connectivity index (χ2n) is 4.21. The first-order chi connectivity index (χ1) is 9.40. The maximum absolute atomic E-state index is 12.1. The second kappa shape index (κ2) is 5.74. The number of thiophene rings is 1. The Bertz CT molecular complexity index is 734. The fourth-order valence-electron chi connectivity index (χ4n) is 1.62. The van der Waals surface area contributed by atoms with Crippen molar-refractivity contribution < 1.29 is 18.3 Å². The average molecular weight is 311 g/mol. The summed E-state index contributed by atoms with van der Waals surface area (Å²) in [4.78, 5) is 10.8. The standard InChI is InChI=1S/C13H13NO4S2/c1-9-4-2-3-5-10(9)7-14-20(17,18)12-6-11(8-19-12)13(15)16/h2-6,8,14H,7H2,1H3,(H,15,16). The summed E-state index contributed by atoms with van der Waals surface area (Å²) >= 11 is 0.893. The molecule has 0 radical (unpaired) electrons. The lowest BCUT2D eigenvalue weighted by Gasteiger charge is -2.07. The van der Waals surface area contributed by atoms with Crippen LogP contribution in [0.3, 0.4) is 0 Å². The van der Waals surface area contributed by atoms with Crippen molar-refractivity contribution in [1.82, 2.24) is 4.72 Å². The van der Waals surface area contributed by atoms with Crippen LogP contribution in [0.1, 0.15) is 21.5 Å². The molecule has 0 aliphatic rings. The highest BCUT2D eigenvalue weighted by atomic mass is 32.2. The molecule has 0 bridgehead atoms. The van der Waals surface area contributed by atoms with Crippen molar-refractivity contribution in [1.29, 1.82) is 0 Å². The molecule has 2 N–H and O–H groups in total. The predicted octanol–water partition coefficient (Wildman–Crippen LogP) is 2.23. The minimum atomic E-state index is -3.68. The number of aromatic carboxylic acids is 1. The molecule has 0 spiro atoms. The topological polar surface area (TPSA) is 83.5 Å². The van der Waals surface area contributed by atoms with Gasteiger partial charge in [-0.2, -0.15) is 0 Å². The molecule has 0 amide bonds. The highest BCUT2D eigenvalue weighted by Crippen LogP contribution is 2.20. The van der Waals surface area contributed by atoms with Gasteiger partial charge in [-0.3, -0.25) is 0 Å². The van der Waals surface area contributed by atoms with Gasteiger partial charge in [0.2, 0.25) is 10.0 Å². The van der Waals surface area contributed by atoms with Gasteiger partial charge in [0.05, 0.1) is 5.56 Å². The van der Waals surface area contributed by atoms with Crippen molar-refractivity contribution in [3.05, 3.63) is 52.4 Å². The van der Waals surface area contributed by atoms with Crippen molar-refractivity contribution in [3.63, 3.8) is 0 Å². The summed E-state index contributed by atoms with van der Waals surface area (Å²) in [6, 6.07) is 8.62. The number of carboxylic acids is 1. The van der Waals surface area contributed by atoms with E-state index in [1.807, 2.05) is 31.2 Å². The van der Waals surface area contributed by atoms with Crippen LogP contribution in [0.4, 0.5) is 0 Å². The molecular weight excluding hydrogens is 298 g/mol. The number of nitrogens with one attached hydrogen (secondary N) is 1. The van der Waals surface area contributed by atoms with Gasteiger partial charge in [-0.1, -0.05) is 24.3 Å². The minimum Gasteiger partial charge on any atom is -0.478 e. The molecule has 5 nitrogen and oxygen atoms in total. The molecule has 1 aromatic heterocycles. The number of hydrogen-bond acceptors (Lipinski definition) is 4. The zero-order valence-electron chi connectivity index (χ0n) is 10.7. The van der Waals surface area contributed by atoms with Gasteiger partial charge in [-0.15, -0.1) is 11.3 Å². The Hall–Kier alpha value is -1.70. The lowest BCUT2D eigenvalue weighted by molar-refractivity contribution is 0.0697. The van der Waals surface area contributed by atoms with Gasteiger partial charge in [0.1, 0.15) is 4.21 Å². The Balaban J connectivity index is 2.15. The van der Waals surface area contributed by atoms with Gasteiger partial charge < -0.3 is 5.11 Å². The molecule has 2 rings (SSSR count). The third-order valence-electron chi connectivity index (χ3n) is 2.80. The Labute approximate surface area is 120 Å². The van der Waals surface area contributed by atoms with E-state index in [1.165, 1.54) is 5.38 Å². The molecule has 0 saturated carbocycles. The number of carboxylic acid groups (broad SMARTS) is 1. The molecule has 7 heteroatoms. The average Bonchev–Trinajstić information content (AvgIpc) is 2.88. The summed E-state index contributed by atoms with van der Waals surface area (Å²) in [5, 5.41) is 10.1. The van der Waals surface area contributed by atoms with E-state index in [1.54, 1.807) is 0 Å². The molecular formula is C13H13NO4S2. The summed E-state index contributed by atoms with van der Waals surface area (Å²) in [5.41, 5.74) is 1.85. The quantitative estimate of drug-likeness (QED) is 0.887. The monoisotopic (exact) mass is 311 g/mol. The number of benzene rings is 1. The Morgan fingerprint density at radius 2 is 2.05 bits per heavy atom. The first-order valence-electron chi connectivity index (χ1n) is 5.76. The zero-order valence-corrected chi connectivity index (χ0v) is 12.3. The van der Waals surface area contributed by atoms with E-state index >= 15 is 0 Å². The molecule has 1 heterocycles. The molecule has 2 aromatic rings. The predicted molar refractivity (Wildman–Crippen MR) is 76.5 cm³/mol. The Morgan fingerprint density at radius 3 is 2.65 bits per heavy atom. The highest BCUT2D eigenvalue weighted by molar-refractivity contribution is 7.91. The molecule has 0 aliphatic heterocycles. The first-order valence-corrected chi connectivity index (χ1v) is 8.12. The van der Waals surface area contributed by atoms with Gasteiger partial charge in [0, 0.05) is 11.9 Å². The summed E-state index contributed by atoms with van der Waals surface area (Å²) in [6.45, 7) is 2.08. The summed E-state index contributed by atoms with van der Waals surface area (Å²) < 4.78 is 26.6. The molecule has 0 saturated heterocycles. The van der Waals surface area contributed by atoms with E-state index in [2.05, 4.69) is 4.72 Å². The van der Waals surface area contributed by atoms with Crippen molar-refractivity contribution in [3.8, 4) is 0 Å². The zero-order chi connectivity index (χ0) is 14.8. The van der Waals surface area contributed by atoms with E-state index < -0.39 is 16.0 Å². The number of hydrogen-bond donors (Lipinski definition) is 2. The normalized spacial score (nSPS) is 11.4. The molecule has 106 valence electrons. The van der Waals surface area contributed by atoms with Crippen LogP contribution in [0.15, 0.2) is 39.9 Å². The third-order valence-corrected chi connectivity index (χ3v) is 5.64. The van der Waals surface area contributed by atoms with Gasteiger partial charge in [0.25, 0.3) is 0 Å². The van der Waals surface area contributed by atoms with Crippen molar-refractivity contribution in [2.24, 2.45) is 0 Å². The van der Waals surface area contributed by atoms with E-state index in [0.29, 0.717) is 0 Å². The number of carbonyl (C=O) groups is 1. The van der Waals surface area contributed by atoms with Crippen LogP contribution < -0.4 is 4.72 Å². The third kappa shape index (κ3) is 3.24. The molecule has 0 unspecified atom stereocenters.